The number of nitrogens with one attached hydrogen (secondary N) is 2. The van der Waals surface area contributed by atoms with Crippen LogP contribution >= 0.6 is 15.9 Å². The summed E-state index contributed by atoms with van der Waals surface area (Å²) < 4.78 is 25.1. The molecule has 4 amide bonds. The molecule has 5 aromatic rings. The van der Waals surface area contributed by atoms with Gasteiger partial charge in [-0.1, -0.05) is 107 Å². The van der Waals surface area contributed by atoms with E-state index in [2.05, 4.69) is 26.6 Å². The normalized spacial score (nSPS) is 14.1. The van der Waals surface area contributed by atoms with Crippen LogP contribution in [0.5, 0.6) is 0 Å². The molecule has 324 valence electrons. The Morgan fingerprint density at radius 1 is 0.597 bits per heavy atom. The number of hydrogen-bond donors (Lipinski definition) is 2. The van der Waals surface area contributed by atoms with Crippen LogP contribution in [0.25, 0.3) is 11.1 Å². The van der Waals surface area contributed by atoms with E-state index in [4.69, 9.17) is 9.47 Å². The molecular formula is C50H54BrFN4O6. The number of amides is 4. The quantitative estimate of drug-likeness (QED) is 0.152. The molecule has 2 aliphatic rings. The lowest BCUT2D eigenvalue weighted by molar-refractivity contribution is -0.121. The molecule has 2 N–H and O–H groups in total. The molecule has 0 unspecified atom stereocenters. The molecule has 2 aliphatic heterocycles. The molecule has 0 fully saturated rings. The van der Waals surface area contributed by atoms with Gasteiger partial charge in [0.1, 0.15) is 29.1 Å². The van der Waals surface area contributed by atoms with E-state index in [0.717, 1.165) is 62.1 Å². The number of carbonyl (C=O) groups excluding carboxylic acids is 4. The molecule has 0 aromatic heterocycles. The Balaban J connectivity index is 0.000000211. The lowest BCUT2D eigenvalue weighted by atomic mass is 10.0. The number of alkyl carbamates (subject to hydrolysis) is 2. The monoisotopic (exact) mass is 904 g/mol. The SMILES string of the molecule is CC(C)(C)OC(=O)N[C@@H](Cc1ccccc1)C(=O)N1CCc2ccc(-c3ccc(F)cc3)cc21.CC(C)(C)OC(=O)N[C@@H](Cc1ccccc1)C(=O)N1CCc2ccc(Br)cc21. The molecule has 0 aliphatic carbocycles. The van der Waals surface area contributed by atoms with Crippen molar-refractivity contribution < 1.29 is 33.0 Å². The van der Waals surface area contributed by atoms with Gasteiger partial charge in [-0.2, -0.15) is 0 Å². The van der Waals surface area contributed by atoms with Crippen LogP contribution in [0.15, 0.2) is 126 Å². The first-order chi connectivity index (χ1) is 29.4. The highest BCUT2D eigenvalue weighted by molar-refractivity contribution is 9.10. The second kappa shape index (κ2) is 19.8. The average molecular weight is 906 g/mol. The molecule has 5 aromatic carbocycles. The molecule has 10 nitrogen and oxygen atoms in total. The van der Waals surface area contributed by atoms with Gasteiger partial charge in [0.15, 0.2) is 0 Å². The number of benzene rings is 5. The Hall–Kier alpha value is -6.01. The summed E-state index contributed by atoms with van der Waals surface area (Å²) in [4.78, 5) is 55.5. The third kappa shape index (κ3) is 12.5. The van der Waals surface area contributed by atoms with Crippen LogP contribution < -0.4 is 20.4 Å². The van der Waals surface area contributed by atoms with Crippen LogP contribution in [-0.4, -0.2) is 60.4 Å². The van der Waals surface area contributed by atoms with Crippen molar-refractivity contribution in [1.29, 1.82) is 0 Å². The van der Waals surface area contributed by atoms with Gasteiger partial charge in [-0.15, -0.1) is 0 Å². The van der Waals surface area contributed by atoms with E-state index in [-0.39, 0.29) is 17.6 Å². The second-order valence-corrected chi connectivity index (χ2v) is 18.3. The maximum absolute atomic E-state index is 13.7. The molecule has 0 saturated carbocycles. The zero-order chi connectivity index (χ0) is 44.6. The van der Waals surface area contributed by atoms with E-state index in [0.29, 0.717) is 25.9 Å². The first kappa shape index (κ1) is 45.5. The fourth-order valence-corrected chi connectivity index (χ4v) is 7.74. The van der Waals surface area contributed by atoms with Gasteiger partial charge in [-0.25, -0.2) is 14.0 Å². The summed E-state index contributed by atoms with van der Waals surface area (Å²) in [6, 6.07) is 36.0. The minimum Gasteiger partial charge on any atom is -0.444 e. The van der Waals surface area contributed by atoms with E-state index in [9.17, 15) is 23.6 Å². The van der Waals surface area contributed by atoms with E-state index in [1.54, 1.807) is 63.5 Å². The lowest BCUT2D eigenvalue weighted by Crippen LogP contribution is -2.50. The number of ether oxygens (including phenoxy) is 2. The fourth-order valence-electron chi connectivity index (χ4n) is 7.39. The summed E-state index contributed by atoms with van der Waals surface area (Å²) in [5.41, 5.74) is 6.29. The minimum absolute atomic E-state index is 0.133. The van der Waals surface area contributed by atoms with Gasteiger partial charge in [-0.3, -0.25) is 9.59 Å². The van der Waals surface area contributed by atoms with Gasteiger partial charge < -0.3 is 29.9 Å². The highest BCUT2D eigenvalue weighted by Crippen LogP contribution is 2.34. The summed E-state index contributed by atoms with van der Waals surface area (Å²) in [7, 11) is 0. The smallest absolute Gasteiger partial charge is 0.408 e. The van der Waals surface area contributed by atoms with Gasteiger partial charge in [0, 0.05) is 41.8 Å². The van der Waals surface area contributed by atoms with Crippen molar-refractivity contribution in [2.45, 2.75) is 90.5 Å². The molecule has 62 heavy (non-hydrogen) atoms. The third-order valence-corrected chi connectivity index (χ3v) is 10.7. The first-order valence-electron chi connectivity index (χ1n) is 20.8. The Morgan fingerprint density at radius 3 is 1.47 bits per heavy atom. The predicted octanol–water partition coefficient (Wildman–Crippen LogP) is 9.99. The second-order valence-electron chi connectivity index (χ2n) is 17.4. The van der Waals surface area contributed by atoms with Crippen molar-refractivity contribution in [3.05, 3.63) is 154 Å². The Bertz CT molecular complexity index is 2360. The number of rotatable bonds is 9. The lowest BCUT2D eigenvalue weighted by Gasteiger charge is -2.27. The predicted molar refractivity (Wildman–Crippen MR) is 245 cm³/mol. The highest BCUT2D eigenvalue weighted by Gasteiger charge is 2.34. The topological polar surface area (TPSA) is 117 Å². The van der Waals surface area contributed by atoms with Crippen LogP contribution in [0, 0.1) is 5.82 Å². The van der Waals surface area contributed by atoms with Gasteiger partial charge >= 0.3 is 12.2 Å². The van der Waals surface area contributed by atoms with Crippen LogP contribution in [0.3, 0.4) is 0 Å². The number of anilines is 2. The summed E-state index contributed by atoms with van der Waals surface area (Å²) in [5, 5.41) is 5.57. The van der Waals surface area contributed by atoms with Crippen LogP contribution in [0.1, 0.15) is 63.8 Å². The zero-order valence-corrected chi connectivity index (χ0v) is 37.6. The molecule has 2 atom stereocenters. The van der Waals surface area contributed by atoms with Crippen molar-refractivity contribution in [2.75, 3.05) is 22.9 Å². The van der Waals surface area contributed by atoms with Crippen molar-refractivity contribution in [3.63, 3.8) is 0 Å². The molecule has 2 heterocycles. The van der Waals surface area contributed by atoms with Crippen LogP contribution in [0.4, 0.5) is 25.4 Å². The van der Waals surface area contributed by atoms with Crippen molar-refractivity contribution in [3.8, 4) is 11.1 Å². The molecule has 0 saturated heterocycles. The average Bonchev–Trinajstić information content (AvgIpc) is 3.84. The highest BCUT2D eigenvalue weighted by atomic mass is 79.9. The van der Waals surface area contributed by atoms with Crippen LogP contribution in [0.2, 0.25) is 0 Å². The maximum atomic E-state index is 13.7. The fraction of sp³-hybridized carbons (Fsp3) is 0.320. The Labute approximate surface area is 371 Å². The summed E-state index contributed by atoms with van der Waals surface area (Å²) >= 11 is 3.48. The maximum Gasteiger partial charge on any atom is 0.408 e. The van der Waals surface area contributed by atoms with Gasteiger partial charge in [0.05, 0.1) is 0 Å². The molecule has 0 spiro atoms. The third-order valence-electron chi connectivity index (χ3n) is 10.2. The molecule has 7 rings (SSSR count). The van der Waals surface area contributed by atoms with Crippen molar-refractivity contribution >= 4 is 51.3 Å². The number of halogens is 2. The van der Waals surface area contributed by atoms with E-state index in [1.807, 2.05) is 97.1 Å². The number of hydrogen-bond acceptors (Lipinski definition) is 6. The van der Waals surface area contributed by atoms with E-state index >= 15 is 0 Å². The molecule has 0 bridgehead atoms. The van der Waals surface area contributed by atoms with E-state index in [1.165, 1.54) is 12.1 Å². The van der Waals surface area contributed by atoms with Gasteiger partial charge in [-0.05, 0) is 118 Å². The molecule has 12 heteroatoms. The molecular weight excluding hydrogens is 851 g/mol. The summed E-state index contributed by atoms with van der Waals surface area (Å²) in [6.07, 6.45) is 1.08. The summed E-state index contributed by atoms with van der Waals surface area (Å²) in [5.74, 6) is -0.616. The standard InChI is InChI=1S/C28H29FN2O3.C22H25BrN2O3/c1-28(2,3)34-27(33)30-24(17-19-7-5-4-6-8-19)26(32)31-16-15-21-9-10-22(18-25(21)31)20-11-13-23(29)14-12-20;1-22(2,3)28-21(27)24-18(13-15-7-5-4-6-8-15)20(26)25-12-11-16-9-10-17(23)14-19(16)25/h4-14,18,24H,15-17H2,1-3H3,(H,30,33);4-10,14,18H,11-13H2,1-3H3,(H,24,27)/t24-;18-/m00/s1. The number of nitrogens with zero attached hydrogens (tertiary/aromatic N) is 2. The largest absolute Gasteiger partial charge is 0.444 e. The van der Waals surface area contributed by atoms with Crippen molar-refractivity contribution in [2.24, 2.45) is 0 Å². The van der Waals surface area contributed by atoms with Crippen molar-refractivity contribution in [1.82, 2.24) is 10.6 Å². The first-order valence-corrected chi connectivity index (χ1v) is 21.6. The van der Waals surface area contributed by atoms with Gasteiger partial charge in [0.2, 0.25) is 11.8 Å². The minimum atomic E-state index is -0.780. The number of carbonyl (C=O) groups is 4. The van der Waals surface area contributed by atoms with Gasteiger partial charge in [0.25, 0.3) is 0 Å². The summed E-state index contributed by atoms with van der Waals surface area (Å²) in [6.45, 7) is 11.9. The van der Waals surface area contributed by atoms with Crippen LogP contribution in [-0.2, 0) is 44.7 Å². The Kier molecular flexibility index (Phi) is 14.5. The zero-order valence-electron chi connectivity index (χ0n) is 36.0. The molecule has 0 radical (unpaired) electrons. The number of fused-ring (bicyclic) bond motifs is 2. The van der Waals surface area contributed by atoms with E-state index < -0.39 is 35.5 Å². The Morgan fingerprint density at radius 2 is 1.02 bits per heavy atom.